The Bertz CT molecular complexity index is 713. The summed E-state index contributed by atoms with van der Waals surface area (Å²) in [6, 6.07) is 7.39. The highest BCUT2D eigenvalue weighted by Crippen LogP contribution is 2.24. The fourth-order valence-electron chi connectivity index (χ4n) is 1.56. The zero-order valence-corrected chi connectivity index (χ0v) is 9.99. The largest absolute Gasteiger partial charge is 0.473 e. The average molecular weight is 275 g/mol. The molecule has 0 fully saturated rings. The van der Waals surface area contributed by atoms with Crippen LogP contribution in [0.3, 0.4) is 0 Å². The third kappa shape index (κ3) is 2.54. The number of amides is 1. The Morgan fingerprint density at radius 3 is 2.60 bits per heavy atom. The number of nitrogens with one attached hydrogen (secondary N) is 1. The molecule has 0 aliphatic heterocycles. The first-order chi connectivity index (χ1) is 9.52. The van der Waals surface area contributed by atoms with E-state index in [9.17, 15) is 14.4 Å². The van der Waals surface area contributed by atoms with E-state index < -0.39 is 17.8 Å². The van der Waals surface area contributed by atoms with Crippen molar-refractivity contribution in [1.29, 1.82) is 0 Å². The van der Waals surface area contributed by atoms with Gasteiger partial charge in [-0.1, -0.05) is 6.07 Å². The molecule has 0 aliphatic carbocycles. The van der Waals surface area contributed by atoms with Crippen molar-refractivity contribution in [3.05, 3.63) is 36.0 Å². The second-order valence-corrected chi connectivity index (χ2v) is 3.69. The zero-order chi connectivity index (χ0) is 14.7. The normalized spacial score (nSPS) is 10.1. The number of hydrogen-bond donors (Lipinski definition) is 3. The van der Waals surface area contributed by atoms with E-state index in [2.05, 4.69) is 4.98 Å². The molecule has 1 heterocycles. The summed E-state index contributed by atoms with van der Waals surface area (Å²) in [7, 11) is 0. The Morgan fingerprint density at radius 2 is 1.95 bits per heavy atom. The summed E-state index contributed by atoms with van der Waals surface area (Å²) in [5.41, 5.74) is 2.39. The lowest BCUT2D eigenvalue weighted by atomic mass is 10.2. The number of benzene rings is 1. The summed E-state index contributed by atoms with van der Waals surface area (Å²) in [5, 5.41) is 8.91. The first-order valence-corrected chi connectivity index (χ1v) is 5.38. The van der Waals surface area contributed by atoms with Gasteiger partial charge in [0.1, 0.15) is 11.4 Å². The maximum atomic E-state index is 11.3. The number of aliphatic carboxylic acids is 1. The zero-order valence-electron chi connectivity index (χ0n) is 9.99. The highest BCUT2D eigenvalue weighted by molar-refractivity contribution is 6.29. The van der Waals surface area contributed by atoms with Crippen LogP contribution in [0.25, 0.3) is 10.9 Å². The molecule has 20 heavy (non-hydrogen) atoms. The number of carboxylic acid groups (broad SMARTS) is 1. The van der Waals surface area contributed by atoms with Crippen LogP contribution in [0.1, 0.15) is 10.5 Å². The maximum absolute atomic E-state index is 11.3. The van der Waals surface area contributed by atoms with Crippen molar-refractivity contribution in [3.63, 3.8) is 0 Å². The molecule has 0 radical (unpaired) electrons. The lowest BCUT2D eigenvalue weighted by molar-refractivity contribution is -0.157. The van der Waals surface area contributed by atoms with E-state index in [0.717, 1.165) is 0 Å². The first-order valence-electron chi connectivity index (χ1n) is 5.38. The second-order valence-electron chi connectivity index (χ2n) is 3.69. The number of hydrazine groups is 1. The van der Waals surface area contributed by atoms with Crippen LogP contribution in [0, 0.1) is 0 Å². The Kier molecular flexibility index (Phi) is 3.58. The van der Waals surface area contributed by atoms with Gasteiger partial charge in [0.15, 0.2) is 0 Å². The lowest BCUT2D eigenvalue weighted by Gasteiger charge is -2.06. The molecule has 0 saturated heterocycles. The van der Waals surface area contributed by atoms with Crippen molar-refractivity contribution in [3.8, 4) is 5.75 Å². The van der Waals surface area contributed by atoms with Crippen LogP contribution in [0.2, 0.25) is 0 Å². The number of carbonyl (C=O) groups excluding carboxylic acids is 2. The Labute approximate surface area is 112 Å². The van der Waals surface area contributed by atoms with Crippen LogP contribution in [0.4, 0.5) is 0 Å². The minimum Gasteiger partial charge on any atom is -0.473 e. The summed E-state index contributed by atoms with van der Waals surface area (Å²) < 4.78 is 4.71. The van der Waals surface area contributed by atoms with Crippen molar-refractivity contribution < 1.29 is 24.2 Å². The molecular formula is C12H9N3O5. The van der Waals surface area contributed by atoms with Gasteiger partial charge in [-0.05, 0) is 24.3 Å². The van der Waals surface area contributed by atoms with Crippen LogP contribution < -0.4 is 16.0 Å². The average Bonchev–Trinajstić information content (AvgIpc) is 2.46. The van der Waals surface area contributed by atoms with E-state index in [4.69, 9.17) is 15.7 Å². The molecule has 0 aliphatic rings. The summed E-state index contributed by atoms with van der Waals surface area (Å²) in [4.78, 5) is 36.9. The van der Waals surface area contributed by atoms with Gasteiger partial charge in [0, 0.05) is 5.39 Å². The second kappa shape index (κ2) is 5.33. The maximum Gasteiger partial charge on any atom is 0.422 e. The van der Waals surface area contributed by atoms with Crippen LogP contribution in [-0.4, -0.2) is 27.9 Å². The number of nitrogen functional groups attached to an aromatic ring is 1. The molecule has 8 heteroatoms. The Hall–Kier alpha value is -3.00. The predicted octanol–water partition coefficient (Wildman–Crippen LogP) is -0.172. The van der Waals surface area contributed by atoms with E-state index in [1.54, 1.807) is 6.07 Å². The van der Waals surface area contributed by atoms with Gasteiger partial charge in [0.25, 0.3) is 5.91 Å². The van der Waals surface area contributed by atoms with Crippen LogP contribution in [0.5, 0.6) is 5.75 Å². The topological polar surface area (TPSA) is 132 Å². The number of fused-ring (bicyclic) bond motifs is 1. The minimum atomic E-state index is -1.70. The van der Waals surface area contributed by atoms with Crippen LogP contribution in [-0.2, 0) is 9.59 Å². The highest BCUT2D eigenvalue weighted by atomic mass is 16.6. The fourth-order valence-corrected chi connectivity index (χ4v) is 1.56. The molecule has 2 rings (SSSR count). The molecule has 0 spiro atoms. The number of carboxylic acids is 1. The number of nitrogens with two attached hydrogens (primary N) is 1. The minimum absolute atomic E-state index is 0.0436. The van der Waals surface area contributed by atoms with Gasteiger partial charge in [-0.15, -0.1) is 0 Å². The van der Waals surface area contributed by atoms with Crippen molar-refractivity contribution in [2.24, 2.45) is 5.84 Å². The molecule has 0 saturated carbocycles. The molecule has 1 aromatic carbocycles. The molecule has 8 nitrogen and oxygen atoms in total. The number of pyridine rings is 1. The van der Waals surface area contributed by atoms with Gasteiger partial charge in [0.2, 0.25) is 0 Å². The van der Waals surface area contributed by atoms with Gasteiger partial charge in [-0.25, -0.2) is 20.4 Å². The number of ether oxygens (including phenoxy) is 1. The molecule has 2 aromatic rings. The molecule has 1 aromatic heterocycles. The number of rotatable bonds is 2. The van der Waals surface area contributed by atoms with Gasteiger partial charge in [-0.3, -0.25) is 10.2 Å². The summed E-state index contributed by atoms with van der Waals surface area (Å²) >= 11 is 0. The van der Waals surface area contributed by atoms with Crippen molar-refractivity contribution in [2.45, 2.75) is 0 Å². The quantitative estimate of drug-likeness (QED) is 0.173. The molecule has 0 unspecified atom stereocenters. The number of hydrogen-bond acceptors (Lipinski definition) is 6. The molecular weight excluding hydrogens is 266 g/mol. The molecule has 4 N–H and O–H groups in total. The first kappa shape index (κ1) is 13.4. The molecule has 0 bridgehead atoms. The van der Waals surface area contributed by atoms with Crippen molar-refractivity contribution >= 4 is 28.7 Å². The van der Waals surface area contributed by atoms with E-state index >= 15 is 0 Å². The van der Waals surface area contributed by atoms with E-state index in [1.807, 2.05) is 5.43 Å². The third-order valence-electron chi connectivity index (χ3n) is 2.43. The number of carbonyl (C=O) groups is 3. The monoisotopic (exact) mass is 275 g/mol. The fraction of sp³-hybridized carbons (Fsp3) is 0. The number of nitrogens with zero attached hydrogens (tertiary/aromatic N) is 1. The molecule has 1 amide bonds. The van der Waals surface area contributed by atoms with E-state index in [1.165, 1.54) is 24.3 Å². The van der Waals surface area contributed by atoms with Crippen molar-refractivity contribution in [2.75, 3.05) is 0 Å². The summed E-state index contributed by atoms with van der Waals surface area (Å²) in [6.45, 7) is 0. The summed E-state index contributed by atoms with van der Waals surface area (Å²) in [6.07, 6.45) is 0. The highest BCUT2D eigenvalue weighted by Gasteiger charge is 2.16. The molecule has 0 atom stereocenters. The number of aromatic nitrogens is 1. The van der Waals surface area contributed by atoms with E-state index in [-0.39, 0.29) is 11.4 Å². The van der Waals surface area contributed by atoms with Crippen molar-refractivity contribution in [1.82, 2.24) is 10.4 Å². The SMILES string of the molecule is NNC(=O)c1ccc2c(OC(=O)C(=O)O)cccc2n1. The lowest BCUT2D eigenvalue weighted by Crippen LogP contribution is -2.30. The van der Waals surface area contributed by atoms with Gasteiger partial charge in [-0.2, -0.15) is 0 Å². The smallest absolute Gasteiger partial charge is 0.422 e. The van der Waals surface area contributed by atoms with Gasteiger partial charge < -0.3 is 9.84 Å². The summed E-state index contributed by atoms with van der Waals surface area (Å²) in [5.74, 6) is 1.38. The Balaban J connectivity index is 2.46. The van der Waals surface area contributed by atoms with E-state index in [0.29, 0.717) is 10.9 Å². The van der Waals surface area contributed by atoms with Gasteiger partial charge in [0.05, 0.1) is 5.52 Å². The molecule has 102 valence electrons. The van der Waals surface area contributed by atoms with Crippen LogP contribution in [0.15, 0.2) is 30.3 Å². The number of esters is 1. The van der Waals surface area contributed by atoms with Gasteiger partial charge >= 0.3 is 11.9 Å². The third-order valence-corrected chi connectivity index (χ3v) is 2.43. The standard InChI is InChI=1S/C12H9N3O5/c13-15-10(16)8-5-4-6-7(14-8)2-1-3-9(6)20-12(19)11(17)18/h1-5H,13H2,(H,15,16)(H,17,18). The Morgan fingerprint density at radius 1 is 1.20 bits per heavy atom. The van der Waals surface area contributed by atoms with Crippen LogP contribution >= 0.6 is 0 Å². The predicted molar refractivity (Wildman–Crippen MR) is 66.7 cm³/mol.